The molecule has 3 N–H and O–H groups in total. The molecular weight excluding hydrogens is 216 g/mol. The quantitative estimate of drug-likeness (QED) is 0.715. The minimum Gasteiger partial charge on any atom is -0.392 e. The van der Waals surface area contributed by atoms with Gasteiger partial charge in [-0.2, -0.15) is 0 Å². The van der Waals surface area contributed by atoms with Crippen LogP contribution in [-0.2, 0) is 4.79 Å². The number of amides is 1. The number of hydrogen-bond donors (Lipinski definition) is 2. The smallest absolute Gasteiger partial charge is 0.233 e. The Morgan fingerprint density at radius 2 is 2.36 bits per heavy atom. The topological polar surface area (TPSA) is 55.1 Å². The van der Waals surface area contributed by atoms with Crippen LogP contribution in [0.3, 0.4) is 0 Å². The third kappa shape index (κ3) is 3.46. The monoisotopic (exact) mass is 232 g/mol. The van der Waals surface area contributed by atoms with Crippen LogP contribution in [0.4, 0.5) is 0 Å². The van der Waals surface area contributed by atoms with Crippen molar-refractivity contribution < 1.29 is 4.79 Å². The second kappa shape index (κ2) is 5.56. The molecule has 1 heterocycles. The molecule has 1 aliphatic rings. The average Bonchev–Trinajstić information content (AvgIpc) is 2.19. The van der Waals surface area contributed by atoms with Gasteiger partial charge in [-0.3, -0.25) is 4.79 Å². The van der Waals surface area contributed by atoms with E-state index in [1.165, 1.54) is 6.42 Å². The summed E-state index contributed by atoms with van der Waals surface area (Å²) in [6.07, 6.45) is 3.34. The predicted molar refractivity (Wildman–Crippen MR) is 64.5 cm³/mol. The highest BCUT2D eigenvalue weighted by molar-refractivity contribution is 8.00. The Labute approximate surface area is 94.2 Å². The van der Waals surface area contributed by atoms with Crippen LogP contribution >= 0.6 is 24.0 Å². The van der Waals surface area contributed by atoms with Crippen molar-refractivity contribution in [2.24, 2.45) is 5.73 Å². The van der Waals surface area contributed by atoms with Gasteiger partial charge in [-0.05, 0) is 25.5 Å². The summed E-state index contributed by atoms with van der Waals surface area (Å²) in [6.45, 7) is 1.81. The lowest BCUT2D eigenvalue weighted by Gasteiger charge is -2.22. The lowest BCUT2D eigenvalue weighted by molar-refractivity contribution is -0.120. The van der Waals surface area contributed by atoms with Crippen LogP contribution in [0.25, 0.3) is 0 Å². The van der Waals surface area contributed by atoms with E-state index < -0.39 is 0 Å². The number of rotatable bonds is 3. The molecule has 1 rings (SSSR count). The normalized spacial score (nSPS) is 23.9. The highest BCUT2D eigenvalue weighted by atomic mass is 32.2. The van der Waals surface area contributed by atoms with Gasteiger partial charge in [-0.15, -0.1) is 11.8 Å². The van der Waals surface area contributed by atoms with Gasteiger partial charge in [-0.1, -0.05) is 18.6 Å². The molecule has 80 valence electrons. The Hall–Kier alpha value is -0.290. The summed E-state index contributed by atoms with van der Waals surface area (Å²) >= 11 is 6.52. The fourth-order valence-corrected chi connectivity index (χ4v) is 2.59. The maximum Gasteiger partial charge on any atom is 0.233 e. The first-order valence-corrected chi connectivity index (χ1v) is 6.28. The van der Waals surface area contributed by atoms with Gasteiger partial charge in [0.05, 0.1) is 16.3 Å². The Balaban J connectivity index is 2.36. The van der Waals surface area contributed by atoms with Crippen LogP contribution in [0.5, 0.6) is 0 Å². The first kappa shape index (κ1) is 11.8. The number of thiocarbonyl (C=S) groups is 1. The van der Waals surface area contributed by atoms with Crippen molar-refractivity contribution in [2.45, 2.75) is 37.5 Å². The van der Waals surface area contributed by atoms with Gasteiger partial charge in [0.2, 0.25) is 5.91 Å². The minimum atomic E-state index is -0.194. The summed E-state index contributed by atoms with van der Waals surface area (Å²) in [4.78, 5) is 12.0. The lowest BCUT2D eigenvalue weighted by atomic mass is 10.1. The van der Waals surface area contributed by atoms with Crippen LogP contribution in [0, 0.1) is 0 Å². The SMILES string of the molecule is CC(NC(=O)C1CCCCS1)C(N)=S. The fourth-order valence-electron chi connectivity index (χ4n) is 1.32. The Bertz CT molecular complexity index is 227. The van der Waals surface area contributed by atoms with Gasteiger partial charge < -0.3 is 11.1 Å². The van der Waals surface area contributed by atoms with Gasteiger partial charge in [-0.25, -0.2) is 0 Å². The second-order valence-corrected chi connectivity index (χ2v) is 5.27. The highest BCUT2D eigenvalue weighted by Gasteiger charge is 2.23. The standard InChI is InChI=1S/C9H16N2OS2/c1-6(8(10)13)11-9(12)7-4-2-3-5-14-7/h6-7H,2-5H2,1H3,(H2,10,13)(H,11,12). The molecule has 1 aliphatic heterocycles. The summed E-state index contributed by atoms with van der Waals surface area (Å²) in [5.41, 5.74) is 5.42. The van der Waals surface area contributed by atoms with Crippen molar-refractivity contribution in [2.75, 3.05) is 5.75 Å². The molecule has 0 aromatic heterocycles. The number of thioether (sulfide) groups is 1. The van der Waals surface area contributed by atoms with Crippen LogP contribution in [-0.4, -0.2) is 27.9 Å². The molecule has 2 unspecified atom stereocenters. The molecule has 14 heavy (non-hydrogen) atoms. The van der Waals surface area contributed by atoms with Crippen molar-refractivity contribution >= 4 is 34.9 Å². The van der Waals surface area contributed by atoms with Crippen molar-refractivity contribution in [1.29, 1.82) is 0 Å². The molecule has 0 aromatic carbocycles. The second-order valence-electron chi connectivity index (χ2n) is 3.49. The molecule has 5 heteroatoms. The number of carbonyl (C=O) groups is 1. The average molecular weight is 232 g/mol. The van der Waals surface area contributed by atoms with Gasteiger partial charge in [0, 0.05) is 0 Å². The molecule has 0 bridgehead atoms. The summed E-state index contributed by atoms with van der Waals surface area (Å²) in [7, 11) is 0. The van der Waals surface area contributed by atoms with E-state index in [0.29, 0.717) is 4.99 Å². The Morgan fingerprint density at radius 3 is 2.86 bits per heavy atom. The molecule has 1 fully saturated rings. The summed E-state index contributed by atoms with van der Waals surface area (Å²) in [5, 5.41) is 2.92. The van der Waals surface area contributed by atoms with E-state index in [0.717, 1.165) is 18.6 Å². The number of carbonyl (C=O) groups excluding carboxylic acids is 1. The number of hydrogen-bond acceptors (Lipinski definition) is 3. The zero-order valence-corrected chi connectivity index (χ0v) is 9.92. The third-order valence-electron chi connectivity index (χ3n) is 2.26. The van der Waals surface area contributed by atoms with E-state index in [-0.39, 0.29) is 17.2 Å². The van der Waals surface area contributed by atoms with Crippen molar-refractivity contribution in [3.8, 4) is 0 Å². The zero-order chi connectivity index (χ0) is 10.6. The predicted octanol–water partition coefficient (Wildman–Crippen LogP) is 1.06. The number of nitrogens with one attached hydrogen (secondary N) is 1. The highest BCUT2D eigenvalue weighted by Crippen LogP contribution is 2.24. The van der Waals surface area contributed by atoms with Crippen LogP contribution < -0.4 is 11.1 Å². The van der Waals surface area contributed by atoms with E-state index in [4.69, 9.17) is 18.0 Å². The third-order valence-corrected chi connectivity index (χ3v) is 3.99. The van der Waals surface area contributed by atoms with Crippen LogP contribution in [0.1, 0.15) is 26.2 Å². The first-order chi connectivity index (χ1) is 6.61. The molecule has 1 amide bonds. The molecule has 0 spiro atoms. The Morgan fingerprint density at radius 1 is 1.64 bits per heavy atom. The molecular formula is C9H16N2OS2. The fraction of sp³-hybridized carbons (Fsp3) is 0.778. The largest absolute Gasteiger partial charge is 0.392 e. The van der Waals surface area contributed by atoms with Gasteiger partial charge in [0.1, 0.15) is 0 Å². The Kier molecular flexibility index (Phi) is 4.68. The number of nitrogens with two attached hydrogens (primary N) is 1. The molecule has 1 saturated heterocycles. The van der Waals surface area contributed by atoms with Crippen molar-refractivity contribution in [1.82, 2.24) is 5.32 Å². The van der Waals surface area contributed by atoms with Gasteiger partial charge >= 0.3 is 0 Å². The van der Waals surface area contributed by atoms with Crippen LogP contribution in [0.15, 0.2) is 0 Å². The lowest BCUT2D eigenvalue weighted by Crippen LogP contribution is -2.45. The molecule has 0 radical (unpaired) electrons. The minimum absolute atomic E-state index is 0.0787. The van der Waals surface area contributed by atoms with Crippen molar-refractivity contribution in [3.05, 3.63) is 0 Å². The van der Waals surface area contributed by atoms with Crippen molar-refractivity contribution in [3.63, 3.8) is 0 Å². The van der Waals surface area contributed by atoms with E-state index >= 15 is 0 Å². The molecule has 3 nitrogen and oxygen atoms in total. The summed E-state index contributed by atoms with van der Waals surface area (Å²) in [5.74, 6) is 1.16. The molecule has 2 atom stereocenters. The summed E-state index contributed by atoms with van der Waals surface area (Å²) < 4.78 is 0. The van der Waals surface area contributed by atoms with Gasteiger partial charge in [0.15, 0.2) is 0 Å². The molecule has 0 saturated carbocycles. The maximum absolute atomic E-state index is 11.7. The van der Waals surface area contributed by atoms with E-state index in [2.05, 4.69) is 5.32 Å². The van der Waals surface area contributed by atoms with E-state index in [9.17, 15) is 4.79 Å². The summed E-state index contributed by atoms with van der Waals surface area (Å²) in [6, 6.07) is -0.194. The van der Waals surface area contributed by atoms with Crippen LogP contribution in [0.2, 0.25) is 0 Å². The first-order valence-electron chi connectivity index (χ1n) is 4.82. The molecule has 0 aliphatic carbocycles. The van der Waals surface area contributed by atoms with E-state index in [1.54, 1.807) is 11.8 Å². The molecule has 0 aromatic rings. The zero-order valence-electron chi connectivity index (χ0n) is 8.29. The van der Waals surface area contributed by atoms with Gasteiger partial charge in [0.25, 0.3) is 0 Å². The van der Waals surface area contributed by atoms with E-state index in [1.807, 2.05) is 6.92 Å². The maximum atomic E-state index is 11.7.